The van der Waals surface area contributed by atoms with E-state index in [1.165, 1.54) is 0 Å². The van der Waals surface area contributed by atoms with Gasteiger partial charge in [-0.1, -0.05) is 34.5 Å². The first-order valence-corrected chi connectivity index (χ1v) is 3.23. The molecule has 0 saturated heterocycles. The molecule has 0 atom stereocenters. The van der Waals surface area contributed by atoms with Crippen molar-refractivity contribution in [2.24, 2.45) is 10.2 Å². The van der Waals surface area contributed by atoms with Gasteiger partial charge in [0, 0.05) is 9.82 Å². The van der Waals surface area contributed by atoms with Gasteiger partial charge in [0.2, 0.25) is 0 Å². The molecule has 60 valence electrons. The number of rotatable bonds is 3. The molecule has 0 aliphatic heterocycles. The fraction of sp³-hybridized carbons (Fsp3) is 0.333. The Bertz CT molecular complexity index is 310. The van der Waals surface area contributed by atoms with Crippen LogP contribution in [0, 0.1) is 0 Å². The molecule has 6 heteroatoms. The molecule has 0 aromatic carbocycles. The lowest BCUT2D eigenvalue weighted by atomic mass is 10.4. The van der Waals surface area contributed by atoms with Crippen molar-refractivity contribution >= 4 is 0 Å². The van der Waals surface area contributed by atoms with Crippen LogP contribution in [0.4, 0.5) is 0 Å². The lowest BCUT2D eigenvalue weighted by Crippen LogP contribution is -1.95. The molecule has 12 heavy (non-hydrogen) atoms. The minimum atomic E-state index is -0.975. The van der Waals surface area contributed by atoms with Crippen LogP contribution in [0.15, 0.2) is 34.5 Å². The van der Waals surface area contributed by atoms with Gasteiger partial charge in [-0.05, 0) is 17.5 Å². The minimum absolute atomic E-state index is 0.493. The van der Waals surface area contributed by atoms with Gasteiger partial charge in [0.05, 0.1) is 0 Å². The van der Waals surface area contributed by atoms with Gasteiger partial charge in [0.15, 0.2) is 5.66 Å². The number of hydrogen-bond acceptors (Lipinski definition) is 2. The van der Waals surface area contributed by atoms with E-state index in [2.05, 4.69) is 26.6 Å². The average Bonchev–Trinajstić information content (AvgIpc) is 2.66. The van der Waals surface area contributed by atoms with Gasteiger partial charge in [-0.15, -0.1) is 0 Å². The third-order valence-corrected chi connectivity index (χ3v) is 1.57. The summed E-state index contributed by atoms with van der Waals surface area (Å²) in [6.45, 7) is 3.48. The molecule has 1 fully saturated rings. The van der Waals surface area contributed by atoms with Gasteiger partial charge in [-0.2, -0.15) is 0 Å². The second-order valence-electron chi connectivity index (χ2n) is 2.30. The Morgan fingerprint density at radius 2 is 2.00 bits per heavy atom. The predicted octanol–water partition coefficient (Wildman–Crippen LogP) is 2.82. The summed E-state index contributed by atoms with van der Waals surface area (Å²) in [5, 5.41) is 6.80. The van der Waals surface area contributed by atoms with Gasteiger partial charge < -0.3 is 0 Å². The summed E-state index contributed by atoms with van der Waals surface area (Å²) < 4.78 is 0. The minimum Gasteiger partial charge on any atom is -0.0991 e. The maximum atomic E-state index is 8.18. The fourth-order valence-electron chi connectivity index (χ4n) is 0.923. The molecule has 0 spiro atoms. The summed E-state index contributed by atoms with van der Waals surface area (Å²) >= 11 is 0. The third kappa shape index (κ3) is 1.25. The molecule has 0 bridgehead atoms. The Balaban J connectivity index is 2.96. The van der Waals surface area contributed by atoms with Crippen LogP contribution in [0.5, 0.6) is 0 Å². The van der Waals surface area contributed by atoms with E-state index in [0.717, 1.165) is 5.57 Å². The van der Waals surface area contributed by atoms with Crippen LogP contribution in [0.3, 0.4) is 0 Å². The van der Waals surface area contributed by atoms with E-state index in [4.69, 9.17) is 11.1 Å². The Morgan fingerprint density at radius 3 is 2.42 bits per heavy atom. The van der Waals surface area contributed by atoms with E-state index >= 15 is 0 Å². The van der Waals surface area contributed by atoms with E-state index in [9.17, 15) is 0 Å². The molecule has 1 aliphatic carbocycles. The smallest absolute Gasteiger partial charge is 0.0991 e. The summed E-state index contributed by atoms with van der Waals surface area (Å²) in [7, 11) is 0. The van der Waals surface area contributed by atoms with Crippen molar-refractivity contribution in [1.82, 2.24) is 0 Å². The monoisotopic (exact) mass is 162 g/mol. The van der Waals surface area contributed by atoms with E-state index in [0.29, 0.717) is 6.42 Å². The van der Waals surface area contributed by atoms with Crippen LogP contribution in [-0.4, -0.2) is 5.66 Å². The number of nitrogens with zero attached hydrogens (tertiary/aromatic N) is 6. The van der Waals surface area contributed by atoms with Crippen LogP contribution >= 0.6 is 0 Å². The molecule has 0 heterocycles. The first-order valence-electron chi connectivity index (χ1n) is 3.23. The van der Waals surface area contributed by atoms with Crippen molar-refractivity contribution in [3.63, 3.8) is 0 Å². The molecule has 1 aliphatic rings. The highest BCUT2D eigenvalue weighted by atomic mass is 15.3. The molecule has 1 rings (SSSR count). The van der Waals surface area contributed by atoms with Crippen LogP contribution in [0.2, 0.25) is 0 Å². The van der Waals surface area contributed by atoms with Gasteiger partial charge in [0.25, 0.3) is 0 Å². The van der Waals surface area contributed by atoms with Gasteiger partial charge in [0.1, 0.15) is 0 Å². The zero-order chi connectivity index (χ0) is 9.03. The zero-order valence-electron chi connectivity index (χ0n) is 6.25. The van der Waals surface area contributed by atoms with Gasteiger partial charge >= 0.3 is 0 Å². The number of azide groups is 1. The van der Waals surface area contributed by atoms with E-state index in [-0.39, 0.29) is 0 Å². The van der Waals surface area contributed by atoms with Crippen molar-refractivity contribution in [1.29, 1.82) is 0 Å². The van der Waals surface area contributed by atoms with E-state index in [1.54, 1.807) is 12.2 Å². The van der Waals surface area contributed by atoms with Crippen molar-refractivity contribution < 1.29 is 0 Å². The highest BCUT2D eigenvalue weighted by Crippen LogP contribution is 2.48. The quantitative estimate of drug-likeness (QED) is 0.346. The summed E-state index contributed by atoms with van der Waals surface area (Å²) in [6, 6.07) is 0. The average molecular weight is 162 g/mol. The topological polar surface area (TPSA) is 97.5 Å². The number of hydrogen-bond donors (Lipinski definition) is 0. The lowest BCUT2D eigenvalue weighted by Gasteiger charge is -1.92. The van der Waals surface area contributed by atoms with E-state index in [1.807, 2.05) is 0 Å². The summed E-state index contributed by atoms with van der Waals surface area (Å²) in [5.41, 5.74) is 16.2. The zero-order valence-corrected chi connectivity index (χ0v) is 6.25. The van der Waals surface area contributed by atoms with Crippen molar-refractivity contribution in [2.75, 3.05) is 0 Å². The molecule has 6 nitrogen and oxygen atoms in total. The highest BCUT2D eigenvalue weighted by molar-refractivity contribution is 5.40. The van der Waals surface area contributed by atoms with Gasteiger partial charge in [-0.25, -0.2) is 0 Å². The molecule has 0 radical (unpaired) electrons. The van der Waals surface area contributed by atoms with Crippen LogP contribution in [0.25, 0.3) is 20.9 Å². The second-order valence-corrected chi connectivity index (χ2v) is 2.30. The molecule has 0 unspecified atom stereocenters. The largest absolute Gasteiger partial charge is 0.152 e. The Labute approximate surface area is 68.4 Å². The first kappa shape index (κ1) is 8.20. The molecule has 0 amide bonds. The normalized spacial score (nSPS) is 28.5. The molecular weight excluding hydrogens is 156 g/mol. The molecule has 0 aromatic rings. The second kappa shape index (κ2) is 3.00. The Hall–Kier alpha value is -1.90. The molecule has 0 N–H and O–H groups in total. The maximum absolute atomic E-state index is 8.18. The lowest BCUT2D eigenvalue weighted by molar-refractivity contribution is 0.732. The molecular formula is C6H6N6. The van der Waals surface area contributed by atoms with E-state index < -0.39 is 5.66 Å². The fourth-order valence-corrected chi connectivity index (χ4v) is 0.923. The molecule has 0 aromatic heterocycles. The third-order valence-electron chi connectivity index (χ3n) is 1.57. The van der Waals surface area contributed by atoms with Crippen molar-refractivity contribution in [3.05, 3.63) is 45.2 Å². The standard InChI is InChI=1S/C6H6N6/c1-2-3-5-4-6(5,9-11-7)10-12-8/h2-3H,1,4H2/b5-3+. The summed E-state index contributed by atoms with van der Waals surface area (Å²) in [6.07, 6.45) is 3.74. The van der Waals surface area contributed by atoms with Crippen LogP contribution in [0.1, 0.15) is 6.42 Å². The summed E-state index contributed by atoms with van der Waals surface area (Å²) in [5.74, 6) is 0. The predicted molar refractivity (Wildman–Crippen MR) is 43.9 cm³/mol. The Kier molecular flexibility index (Phi) is 2.05. The van der Waals surface area contributed by atoms with Crippen LogP contribution < -0.4 is 0 Å². The van der Waals surface area contributed by atoms with Gasteiger partial charge in [-0.3, -0.25) is 0 Å². The Morgan fingerprint density at radius 1 is 1.42 bits per heavy atom. The first-order chi connectivity index (χ1) is 5.79. The molecule has 1 saturated carbocycles. The highest BCUT2D eigenvalue weighted by Gasteiger charge is 2.47. The maximum Gasteiger partial charge on any atom is 0.152 e. The number of allylic oxidation sites excluding steroid dienone is 2. The SMILES string of the molecule is C=C/C=C1\CC1(N=[N+]=[N-])N=[N+]=[N-]. The summed E-state index contributed by atoms with van der Waals surface area (Å²) in [4.78, 5) is 5.21. The van der Waals surface area contributed by atoms with Crippen molar-refractivity contribution in [3.8, 4) is 0 Å². The van der Waals surface area contributed by atoms with Crippen molar-refractivity contribution in [2.45, 2.75) is 12.1 Å². The van der Waals surface area contributed by atoms with Crippen LogP contribution in [-0.2, 0) is 0 Å².